The SMILES string of the molecule is Cc1cccc(C(=O)NC(C(=O)Nc2cccc(C3SCCCS3)c2)C(C)C)c1. The molecule has 4 nitrogen and oxygen atoms in total. The Morgan fingerprint density at radius 1 is 1.03 bits per heavy atom. The molecule has 0 radical (unpaired) electrons. The Morgan fingerprint density at radius 3 is 2.45 bits per heavy atom. The summed E-state index contributed by atoms with van der Waals surface area (Å²) in [6, 6.07) is 14.8. The molecule has 3 rings (SSSR count). The lowest BCUT2D eigenvalue weighted by atomic mass is 10.0. The molecule has 1 heterocycles. The number of hydrogen-bond donors (Lipinski definition) is 2. The number of carbonyl (C=O) groups is 2. The van der Waals surface area contributed by atoms with E-state index in [4.69, 9.17) is 0 Å². The molecule has 1 atom stereocenters. The Labute approximate surface area is 181 Å². The normalized spacial score (nSPS) is 15.7. The van der Waals surface area contributed by atoms with Gasteiger partial charge in [0.1, 0.15) is 6.04 Å². The zero-order valence-electron chi connectivity index (χ0n) is 17.1. The zero-order chi connectivity index (χ0) is 20.8. The van der Waals surface area contributed by atoms with Gasteiger partial charge in [0, 0.05) is 11.3 Å². The minimum Gasteiger partial charge on any atom is -0.340 e. The van der Waals surface area contributed by atoms with Gasteiger partial charge in [-0.15, -0.1) is 23.5 Å². The molecule has 1 fully saturated rings. The molecule has 1 aliphatic heterocycles. The fourth-order valence-electron chi connectivity index (χ4n) is 3.21. The molecule has 0 saturated carbocycles. The minimum absolute atomic E-state index is 0.0311. The number of thioether (sulfide) groups is 2. The Bertz CT molecular complexity index is 863. The standard InChI is InChI=1S/C23H28N2O2S2/c1-15(2)20(25-21(26)17-8-4-7-16(3)13-17)22(27)24-19-10-5-9-18(14-19)23-28-11-6-12-29-23/h4-5,7-10,13-15,20,23H,6,11-12H2,1-3H3,(H,24,27)(H,25,26). The predicted molar refractivity (Wildman–Crippen MR) is 125 cm³/mol. The second-order valence-electron chi connectivity index (χ2n) is 7.61. The maximum absolute atomic E-state index is 12.9. The highest BCUT2D eigenvalue weighted by Gasteiger charge is 2.25. The zero-order valence-corrected chi connectivity index (χ0v) is 18.7. The summed E-state index contributed by atoms with van der Waals surface area (Å²) >= 11 is 3.91. The summed E-state index contributed by atoms with van der Waals surface area (Å²) in [4.78, 5) is 25.6. The first kappa shape index (κ1) is 21.8. The van der Waals surface area contributed by atoms with Crippen LogP contribution in [-0.4, -0.2) is 29.4 Å². The number of anilines is 1. The van der Waals surface area contributed by atoms with Crippen LogP contribution in [0.1, 0.15) is 46.3 Å². The van der Waals surface area contributed by atoms with E-state index in [0.717, 1.165) is 11.3 Å². The van der Waals surface area contributed by atoms with Crippen molar-refractivity contribution in [2.75, 3.05) is 16.8 Å². The summed E-state index contributed by atoms with van der Waals surface area (Å²) in [5.74, 6) is 1.90. The fraction of sp³-hybridized carbons (Fsp3) is 0.391. The van der Waals surface area contributed by atoms with Gasteiger partial charge in [-0.2, -0.15) is 0 Å². The van der Waals surface area contributed by atoms with Gasteiger partial charge in [0.05, 0.1) is 4.58 Å². The summed E-state index contributed by atoms with van der Waals surface area (Å²) < 4.78 is 0.419. The van der Waals surface area contributed by atoms with Gasteiger partial charge in [0.2, 0.25) is 5.91 Å². The fourth-order valence-corrected chi connectivity index (χ4v) is 6.08. The molecule has 154 valence electrons. The van der Waals surface area contributed by atoms with Crippen LogP contribution in [0.5, 0.6) is 0 Å². The van der Waals surface area contributed by atoms with Gasteiger partial charge in [0.25, 0.3) is 5.91 Å². The maximum atomic E-state index is 12.9. The van der Waals surface area contributed by atoms with Crippen LogP contribution in [0.15, 0.2) is 48.5 Å². The number of rotatable bonds is 6. The number of amides is 2. The van der Waals surface area contributed by atoms with Crippen molar-refractivity contribution < 1.29 is 9.59 Å². The summed E-state index contributed by atoms with van der Waals surface area (Å²) in [5.41, 5.74) is 3.58. The second kappa shape index (κ2) is 10.2. The van der Waals surface area contributed by atoms with Crippen molar-refractivity contribution in [3.8, 4) is 0 Å². The van der Waals surface area contributed by atoms with Crippen LogP contribution >= 0.6 is 23.5 Å². The van der Waals surface area contributed by atoms with Crippen LogP contribution in [0, 0.1) is 12.8 Å². The molecular weight excluding hydrogens is 400 g/mol. The van der Waals surface area contributed by atoms with E-state index in [-0.39, 0.29) is 17.7 Å². The summed E-state index contributed by atoms with van der Waals surface area (Å²) in [5, 5.41) is 5.90. The van der Waals surface area contributed by atoms with Crippen LogP contribution in [0.4, 0.5) is 5.69 Å². The van der Waals surface area contributed by atoms with E-state index in [1.54, 1.807) is 6.07 Å². The minimum atomic E-state index is -0.606. The van der Waals surface area contributed by atoms with Gasteiger partial charge in [-0.05, 0) is 60.6 Å². The van der Waals surface area contributed by atoms with Crippen LogP contribution in [0.3, 0.4) is 0 Å². The third-order valence-corrected chi connectivity index (χ3v) is 7.78. The van der Waals surface area contributed by atoms with Crippen molar-refractivity contribution >= 4 is 41.0 Å². The van der Waals surface area contributed by atoms with E-state index in [1.165, 1.54) is 23.5 Å². The van der Waals surface area contributed by atoms with Crippen LogP contribution < -0.4 is 10.6 Å². The summed E-state index contributed by atoms with van der Waals surface area (Å²) in [6.07, 6.45) is 1.25. The first-order chi connectivity index (χ1) is 13.9. The first-order valence-corrected chi connectivity index (χ1v) is 12.1. The quantitative estimate of drug-likeness (QED) is 0.659. The predicted octanol–water partition coefficient (Wildman–Crippen LogP) is 5.26. The molecule has 1 saturated heterocycles. The van der Waals surface area contributed by atoms with Crippen LogP contribution in [0.25, 0.3) is 0 Å². The van der Waals surface area contributed by atoms with Crippen molar-refractivity contribution in [2.24, 2.45) is 5.92 Å². The highest BCUT2D eigenvalue weighted by atomic mass is 32.2. The molecule has 2 N–H and O–H groups in total. The average molecular weight is 429 g/mol. The van der Waals surface area contributed by atoms with E-state index in [0.29, 0.717) is 10.1 Å². The largest absolute Gasteiger partial charge is 0.340 e. The van der Waals surface area contributed by atoms with Gasteiger partial charge in [-0.1, -0.05) is 43.7 Å². The second-order valence-corrected chi connectivity index (χ2v) is 10.3. The van der Waals surface area contributed by atoms with Gasteiger partial charge in [-0.3, -0.25) is 9.59 Å². The lowest BCUT2D eigenvalue weighted by molar-refractivity contribution is -0.118. The number of benzene rings is 2. The van der Waals surface area contributed by atoms with Gasteiger partial charge < -0.3 is 10.6 Å². The van der Waals surface area contributed by atoms with E-state index < -0.39 is 6.04 Å². The highest BCUT2D eigenvalue weighted by Crippen LogP contribution is 2.44. The van der Waals surface area contributed by atoms with Gasteiger partial charge in [0.15, 0.2) is 0 Å². The number of carbonyl (C=O) groups excluding carboxylic acids is 2. The maximum Gasteiger partial charge on any atom is 0.251 e. The molecule has 2 amide bonds. The lowest BCUT2D eigenvalue weighted by Crippen LogP contribution is -2.47. The molecular formula is C23H28N2O2S2. The van der Waals surface area contributed by atoms with Gasteiger partial charge >= 0.3 is 0 Å². The van der Waals surface area contributed by atoms with E-state index in [1.807, 2.05) is 80.7 Å². The van der Waals surface area contributed by atoms with E-state index in [2.05, 4.69) is 16.7 Å². The lowest BCUT2D eigenvalue weighted by Gasteiger charge is -2.23. The average Bonchev–Trinajstić information content (AvgIpc) is 2.72. The number of nitrogens with one attached hydrogen (secondary N) is 2. The highest BCUT2D eigenvalue weighted by molar-refractivity contribution is 8.16. The molecule has 0 aliphatic carbocycles. The molecule has 2 aromatic rings. The molecule has 2 aromatic carbocycles. The van der Waals surface area contributed by atoms with Crippen LogP contribution in [0.2, 0.25) is 0 Å². The van der Waals surface area contributed by atoms with Crippen molar-refractivity contribution in [3.63, 3.8) is 0 Å². The van der Waals surface area contributed by atoms with Crippen molar-refractivity contribution in [2.45, 2.75) is 37.8 Å². The van der Waals surface area contributed by atoms with E-state index >= 15 is 0 Å². The Morgan fingerprint density at radius 2 is 1.76 bits per heavy atom. The molecule has 1 aliphatic rings. The molecule has 29 heavy (non-hydrogen) atoms. The van der Waals surface area contributed by atoms with Crippen molar-refractivity contribution in [1.82, 2.24) is 5.32 Å². The Balaban J connectivity index is 1.69. The third kappa shape index (κ3) is 6.03. The van der Waals surface area contributed by atoms with Crippen molar-refractivity contribution in [3.05, 3.63) is 65.2 Å². The summed E-state index contributed by atoms with van der Waals surface area (Å²) in [6.45, 7) is 5.82. The Hall–Kier alpha value is -1.92. The molecule has 0 spiro atoms. The smallest absolute Gasteiger partial charge is 0.251 e. The van der Waals surface area contributed by atoms with E-state index in [9.17, 15) is 9.59 Å². The van der Waals surface area contributed by atoms with Crippen LogP contribution in [-0.2, 0) is 4.79 Å². The monoisotopic (exact) mass is 428 g/mol. The number of aryl methyl sites for hydroxylation is 1. The topological polar surface area (TPSA) is 58.2 Å². The van der Waals surface area contributed by atoms with Gasteiger partial charge in [-0.25, -0.2) is 0 Å². The molecule has 0 aromatic heterocycles. The Kier molecular flexibility index (Phi) is 7.67. The molecule has 0 bridgehead atoms. The third-order valence-electron chi connectivity index (χ3n) is 4.77. The number of hydrogen-bond acceptors (Lipinski definition) is 4. The first-order valence-electron chi connectivity index (χ1n) is 9.95. The molecule has 1 unspecified atom stereocenters. The summed E-state index contributed by atoms with van der Waals surface area (Å²) in [7, 11) is 0. The van der Waals surface area contributed by atoms with Crippen molar-refractivity contribution in [1.29, 1.82) is 0 Å². The molecule has 6 heteroatoms.